The molecule has 0 saturated heterocycles. The van der Waals surface area contributed by atoms with Gasteiger partial charge in [-0.1, -0.05) is 48.0 Å². The van der Waals surface area contributed by atoms with E-state index in [1.165, 1.54) is 0 Å². The lowest BCUT2D eigenvalue weighted by atomic mass is 10.0. The fourth-order valence-corrected chi connectivity index (χ4v) is 3.87. The Labute approximate surface area is 191 Å². The van der Waals surface area contributed by atoms with Crippen LogP contribution in [0.4, 0.5) is 0 Å². The number of carbonyl (C=O) groups is 1. The number of hydrogen-bond acceptors (Lipinski definition) is 4. The van der Waals surface area contributed by atoms with E-state index < -0.39 is 6.04 Å². The van der Waals surface area contributed by atoms with E-state index in [2.05, 4.69) is 25.6 Å². The van der Waals surface area contributed by atoms with E-state index in [-0.39, 0.29) is 12.3 Å². The van der Waals surface area contributed by atoms with Gasteiger partial charge in [0.05, 0.1) is 17.8 Å². The number of nitrogens with one attached hydrogen (secondary N) is 2. The first-order chi connectivity index (χ1) is 15.3. The molecule has 7 nitrogen and oxygen atoms in total. The summed E-state index contributed by atoms with van der Waals surface area (Å²) in [7, 11) is 0. The van der Waals surface area contributed by atoms with E-state index in [4.69, 9.17) is 11.6 Å². The summed E-state index contributed by atoms with van der Waals surface area (Å²) in [6.45, 7) is 7.67. The molecule has 4 rings (SSSR count). The molecule has 0 radical (unpaired) electrons. The van der Waals surface area contributed by atoms with Crippen molar-refractivity contribution in [1.82, 2.24) is 30.3 Å². The van der Waals surface area contributed by atoms with Gasteiger partial charge in [0.1, 0.15) is 11.9 Å². The summed E-state index contributed by atoms with van der Waals surface area (Å²) in [4.78, 5) is 17.5. The summed E-state index contributed by atoms with van der Waals surface area (Å²) >= 11 is 6.30. The second-order valence-electron chi connectivity index (χ2n) is 7.86. The molecule has 8 heteroatoms. The van der Waals surface area contributed by atoms with Crippen LogP contribution in [0.3, 0.4) is 0 Å². The Bertz CT molecular complexity index is 1260. The highest BCUT2D eigenvalue weighted by molar-refractivity contribution is 6.31. The van der Waals surface area contributed by atoms with Gasteiger partial charge in [-0.3, -0.25) is 9.89 Å². The predicted octanol–water partition coefficient (Wildman–Crippen LogP) is 4.33. The number of aromatic amines is 1. The van der Waals surface area contributed by atoms with Crippen LogP contribution in [0.25, 0.3) is 5.69 Å². The first-order valence-corrected chi connectivity index (χ1v) is 10.8. The van der Waals surface area contributed by atoms with Gasteiger partial charge in [0.15, 0.2) is 5.82 Å². The third kappa shape index (κ3) is 4.43. The molecule has 2 heterocycles. The minimum absolute atomic E-state index is 0.131. The Balaban J connectivity index is 1.59. The second kappa shape index (κ2) is 8.96. The van der Waals surface area contributed by atoms with Gasteiger partial charge in [0.25, 0.3) is 0 Å². The number of amides is 1. The molecule has 2 aromatic heterocycles. The predicted molar refractivity (Wildman–Crippen MR) is 124 cm³/mol. The van der Waals surface area contributed by atoms with Crippen molar-refractivity contribution < 1.29 is 4.79 Å². The zero-order valence-corrected chi connectivity index (χ0v) is 19.2. The molecular formula is C24H25ClN6O. The molecule has 0 aliphatic rings. The number of H-pyrrole nitrogens is 1. The maximum absolute atomic E-state index is 13.1. The van der Waals surface area contributed by atoms with Crippen molar-refractivity contribution in [2.24, 2.45) is 0 Å². The van der Waals surface area contributed by atoms with Gasteiger partial charge >= 0.3 is 0 Å². The molecule has 2 N–H and O–H groups in total. The summed E-state index contributed by atoms with van der Waals surface area (Å²) in [5, 5.41) is 15.5. The lowest BCUT2D eigenvalue weighted by Crippen LogP contribution is -2.31. The third-order valence-electron chi connectivity index (χ3n) is 5.49. The summed E-state index contributed by atoms with van der Waals surface area (Å²) in [5.41, 5.74) is 5.38. The van der Waals surface area contributed by atoms with Gasteiger partial charge in [-0.05, 0) is 51.0 Å². The highest BCUT2D eigenvalue weighted by Crippen LogP contribution is 2.24. The Kier molecular flexibility index (Phi) is 6.10. The molecule has 1 unspecified atom stereocenters. The molecule has 0 saturated carbocycles. The summed E-state index contributed by atoms with van der Waals surface area (Å²) < 4.78 is 1.83. The van der Waals surface area contributed by atoms with Crippen LogP contribution in [-0.4, -0.2) is 30.9 Å². The quantitative estimate of drug-likeness (QED) is 0.459. The fraction of sp³-hybridized carbons (Fsp3) is 0.250. The standard InChI is InChI=1S/C24H25ClN6O/c1-14-10-11-19(12-21(14)25)31-16(3)20(15(2)30-31)13-22(32)27-23(18-8-6-5-7-9-18)24-26-17(4)28-29-24/h5-12,23H,13H2,1-4H3,(H,27,32)(H,26,28,29). The van der Waals surface area contributed by atoms with Gasteiger partial charge < -0.3 is 5.32 Å². The van der Waals surface area contributed by atoms with E-state index >= 15 is 0 Å². The van der Waals surface area contributed by atoms with Crippen molar-refractivity contribution in [2.45, 2.75) is 40.2 Å². The number of hydrogen-bond donors (Lipinski definition) is 2. The van der Waals surface area contributed by atoms with Crippen molar-refractivity contribution in [2.75, 3.05) is 0 Å². The third-order valence-corrected chi connectivity index (χ3v) is 5.90. The van der Waals surface area contributed by atoms with Crippen LogP contribution in [0.15, 0.2) is 48.5 Å². The van der Waals surface area contributed by atoms with Gasteiger partial charge in [-0.2, -0.15) is 10.2 Å². The molecule has 32 heavy (non-hydrogen) atoms. The van der Waals surface area contributed by atoms with Crippen molar-refractivity contribution in [3.05, 3.63) is 93.3 Å². The average molecular weight is 449 g/mol. The van der Waals surface area contributed by atoms with Gasteiger partial charge in [0, 0.05) is 16.3 Å². The zero-order valence-electron chi connectivity index (χ0n) is 18.5. The van der Waals surface area contributed by atoms with Crippen LogP contribution >= 0.6 is 11.6 Å². The molecule has 4 aromatic rings. The lowest BCUT2D eigenvalue weighted by Gasteiger charge is -2.16. The van der Waals surface area contributed by atoms with Gasteiger partial charge in [-0.25, -0.2) is 9.67 Å². The van der Waals surface area contributed by atoms with Crippen LogP contribution in [-0.2, 0) is 11.2 Å². The molecule has 0 aliphatic carbocycles. The number of nitrogens with zero attached hydrogens (tertiary/aromatic N) is 4. The maximum atomic E-state index is 13.1. The minimum atomic E-state index is -0.444. The van der Waals surface area contributed by atoms with Crippen LogP contribution in [0.5, 0.6) is 0 Å². The lowest BCUT2D eigenvalue weighted by molar-refractivity contribution is -0.121. The number of halogens is 1. The minimum Gasteiger partial charge on any atom is -0.342 e. The fourth-order valence-electron chi connectivity index (χ4n) is 3.70. The summed E-state index contributed by atoms with van der Waals surface area (Å²) in [5.74, 6) is 1.09. The van der Waals surface area contributed by atoms with E-state index in [0.717, 1.165) is 33.8 Å². The number of benzene rings is 2. The monoisotopic (exact) mass is 448 g/mol. The number of aryl methyl sites for hydroxylation is 3. The van der Waals surface area contributed by atoms with Crippen LogP contribution < -0.4 is 5.32 Å². The SMILES string of the molecule is Cc1nc(C(NC(=O)Cc2c(C)nn(-c3ccc(C)c(Cl)c3)c2C)c2ccccc2)n[nH]1. The molecule has 2 aromatic carbocycles. The van der Waals surface area contributed by atoms with Crippen molar-refractivity contribution >= 4 is 17.5 Å². The first-order valence-electron chi connectivity index (χ1n) is 10.4. The molecule has 0 aliphatic heterocycles. The van der Waals surface area contributed by atoms with E-state index in [0.29, 0.717) is 16.7 Å². The molecule has 1 amide bonds. The smallest absolute Gasteiger partial charge is 0.225 e. The first kappa shape index (κ1) is 21.8. The maximum Gasteiger partial charge on any atom is 0.225 e. The topological polar surface area (TPSA) is 88.5 Å². The van der Waals surface area contributed by atoms with Gasteiger partial charge in [0.2, 0.25) is 5.91 Å². The molecule has 0 fully saturated rings. The van der Waals surface area contributed by atoms with E-state index in [9.17, 15) is 4.79 Å². The summed E-state index contributed by atoms with van der Waals surface area (Å²) in [6.07, 6.45) is 0.198. The molecule has 164 valence electrons. The van der Waals surface area contributed by atoms with E-state index in [1.54, 1.807) is 0 Å². The van der Waals surface area contributed by atoms with E-state index in [1.807, 2.05) is 80.9 Å². The normalized spacial score (nSPS) is 12.0. The second-order valence-corrected chi connectivity index (χ2v) is 8.27. The number of carbonyl (C=O) groups excluding carboxylic acids is 1. The van der Waals surface area contributed by atoms with Gasteiger partial charge in [-0.15, -0.1) is 0 Å². The highest BCUT2D eigenvalue weighted by Gasteiger charge is 2.23. The summed E-state index contributed by atoms with van der Waals surface area (Å²) in [6, 6.07) is 15.1. The zero-order chi connectivity index (χ0) is 22.8. The van der Waals surface area contributed by atoms with Crippen LogP contribution in [0.1, 0.15) is 45.8 Å². The van der Waals surface area contributed by atoms with Crippen molar-refractivity contribution in [3.63, 3.8) is 0 Å². The molecule has 0 bridgehead atoms. The Morgan fingerprint density at radius 1 is 1.12 bits per heavy atom. The molecule has 0 spiro atoms. The largest absolute Gasteiger partial charge is 0.342 e. The van der Waals surface area contributed by atoms with Crippen molar-refractivity contribution in [3.8, 4) is 5.69 Å². The molecular weight excluding hydrogens is 424 g/mol. The Morgan fingerprint density at radius 3 is 2.53 bits per heavy atom. The number of rotatable bonds is 6. The van der Waals surface area contributed by atoms with Crippen molar-refractivity contribution in [1.29, 1.82) is 0 Å². The average Bonchev–Trinajstić information content (AvgIpc) is 3.33. The Hall–Kier alpha value is -3.45. The van der Waals surface area contributed by atoms with Crippen LogP contribution in [0.2, 0.25) is 5.02 Å². The number of aromatic nitrogens is 5. The van der Waals surface area contributed by atoms with Crippen LogP contribution in [0, 0.1) is 27.7 Å². The highest BCUT2D eigenvalue weighted by atomic mass is 35.5. The molecule has 1 atom stereocenters. The Morgan fingerprint density at radius 2 is 1.88 bits per heavy atom.